The predicted molar refractivity (Wildman–Crippen MR) is 70.6 cm³/mol. The van der Waals surface area contributed by atoms with E-state index in [4.69, 9.17) is 0 Å². The van der Waals surface area contributed by atoms with Crippen molar-refractivity contribution in [3.8, 4) is 0 Å². The van der Waals surface area contributed by atoms with E-state index in [1.54, 1.807) is 0 Å². The minimum atomic E-state index is 0.519. The van der Waals surface area contributed by atoms with E-state index in [1.165, 1.54) is 12.0 Å². The van der Waals surface area contributed by atoms with Crippen LogP contribution in [0.5, 0.6) is 0 Å². The summed E-state index contributed by atoms with van der Waals surface area (Å²) < 4.78 is 2.31. The van der Waals surface area contributed by atoms with Gasteiger partial charge in [-0.3, -0.25) is 0 Å². The molecule has 0 radical (unpaired) electrons. The molecule has 0 aliphatic rings. The van der Waals surface area contributed by atoms with Gasteiger partial charge in [0.25, 0.3) is 0 Å². The number of aryl methyl sites for hydroxylation is 1. The summed E-state index contributed by atoms with van der Waals surface area (Å²) in [5.41, 5.74) is 1.42. The van der Waals surface area contributed by atoms with Gasteiger partial charge in [0.05, 0.1) is 0 Å². The molecule has 0 bridgehead atoms. The van der Waals surface area contributed by atoms with Crippen LogP contribution in [-0.2, 0) is 6.54 Å². The van der Waals surface area contributed by atoms with Gasteiger partial charge in [-0.1, -0.05) is 27.7 Å². The zero-order valence-electron chi connectivity index (χ0n) is 11.2. The third-order valence-electron chi connectivity index (χ3n) is 3.00. The van der Waals surface area contributed by atoms with E-state index >= 15 is 0 Å². The normalized spacial score (nSPS) is 13.3. The largest absolute Gasteiger partial charge is 0.354 e. The highest BCUT2D eigenvalue weighted by atomic mass is 15.0. The topological polar surface area (TPSA) is 17.0 Å². The predicted octanol–water partition coefficient (Wildman–Crippen LogP) is 3.59. The number of aromatic nitrogens is 1. The quantitative estimate of drug-likeness (QED) is 0.746. The van der Waals surface area contributed by atoms with Gasteiger partial charge in [-0.2, -0.15) is 0 Å². The van der Waals surface area contributed by atoms with E-state index in [0.717, 1.165) is 25.4 Å². The minimum Gasteiger partial charge on any atom is -0.354 e. The van der Waals surface area contributed by atoms with Crippen molar-refractivity contribution in [3.63, 3.8) is 0 Å². The first-order valence-corrected chi connectivity index (χ1v) is 6.56. The van der Waals surface area contributed by atoms with Crippen molar-refractivity contribution < 1.29 is 0 Å². The monoisotopic (exact) mass is 222 g/mol. The van der Waals surface area contributed by atoms with Crippen molar-refractivity contribution in [3.05, 3.63) is 24.0 Å². The van der Waals surface area contributed by atoms with Gasteiger partial charge in [-0.25, -0.2) is 0 Å². The minimum absolute atomic E-state index is 0.519. The first kappa shape index (κ1) is 13.3. The Balaban J connectivity index is 2.55. The molecule has 1 unspecified atom stereocenters. The molecular weight excluding hydrogens is 196 g/mol. The number of hydrogen-bond donors (Lipinski definition) is 1. The van der Waals surface area contributed by atoms with E-state index in [9.17, 15) is 0 Å². The Morgan fingerprint density at radius 3 is 2.62 bits per heavy atom. The van der Waals surface area contributed by atoms with Crippen LogP contribution in [0.1, 0.15) is 52.1 Å². The van der Waals surface area contributed by atoms with Crippen LogP contribution in [0.2, 0.25) is 0 Å². The second kappa shape index (κ2) is 6.74. The van der Waals surface area contributed by atoms with Crippen molar-refractivity contribution >= 4 is 0 Å². The average molecular weight is 222 g/mol. The van der Waals surface area contributed by atoms with Gasteiger partial charge in [-0.05, 0) is 36.9 Å². The molecule has 1 heterocycles. The van der Waals surface area contributed by atoms with Gasteiger partial charge in [0.15, 0.2) is 0 Å². The lowest BCUT2D eigenvalue weighted by Gasteiger charge is -2.14. The molecule has 92 valence electrons. The van der Waals surface area contributed by atoms with Crippen LogP contribution in [0.3, 0.4) is 0 Å². The molecule has 1 rings (SSSR count). The van der Waals surface area contributed by atoms with Crippen molar-refractivity contribution in [2.75, 3.05) is 6.54 Å². The van der Waals surface area contributed by atoms with E-state index in [0.29, 0.717) is 6.04 Å². The maximum absolute atomic E-state index is 3.51. The summed E-state index contributed by atoms with van der Waals surface area (Å²) in [5, 5.41) is 3.51. The molecule has 0 amide bonds. The molecule has 1 atom stereocenters. The molecular formula is C14H26N2. The average Bonchev–Trinajstić information content (AvgIpc) is 2.71. The summed E-state index contributed by atoms with van der Waals surface area (Å²) in [6.07, 6.45) is 6.91. The second-order valence-corrected chi connectivity index (χ2v) is 4.88. The fraction of sp³-hybridized carbons (Fsp3) is 0.714. The van der Waals surface area contributed by atoms with Gasteiger partial charge >= 0.3 is 0 Å². The van der Waals surface area contributed by atoms with Gasteiger partial charge in [0, 0.05) is 25.0 Å². The Hall–Kier alpha value is -0.760. The van der Waals surface area contributed by atoms with Crippen molar-refractivity contribution in [1.82, 2.24) is 9.88 Å². The van der Waals surface area contributed by atoms with Crippen molar-refractivity contribution in [2.45, 2.75) is 53.1 Å². The number of rotatable bonds is 7. The number of hydrogen-bond acceptors (Lipinski definition) is 1. The fourth-order valence-electron chi connectivity index (χ4n) is 1.96. The van der Waals surface area contributed by atoms with Crippen LogP contribution < -0.4 is 5.32 Å². The third-order valence-corrected chi connectivity index (χ3v) is 3.00. The Morgan fingerprint density at radius 2 is 2.06 bits per heavy atom. The molecule has 0 aromatic carbocycles. The molecule has 0 aliphatic heterocycles. The molecule has 2 nitrogen and oxygen atoms in total. The van der Waals surface area contributed by atoms with Crippen molar-refractivity contribution in [2.24, 2.45) is 5.92 Å². The van der Waals surface area contributed by atoms with Gasteiger partial charge in [-0.15, -0.1) is 0 Å². The van der Waals surface area contributed by atoms with Crippen LogP contribution >= 0.6 is 0 Å². The van der Waals surface area contributed by atoms with E-state index < -0.39 is 0 Å². The molecule has 0 fully saturated rings. The molecule has 0 saturated heterocycles. The summed E-state index contributed by atoms with van der Waals surface area (Å²) in [7, 11) is 0. The van der Waals surface area contributed by atoms with Gasteiger partial charge in [0.1, 0.15) is 0 Å². The Morgan fingerprint density at radius 1 is 1.31 bits per heavy atom. The zero-order chi connectivity index (χ0) is 12.0. The van der Waals surface area contributed by atoms with Gasteiger partial charge in [0.2, 0.25) is 0 Å². The molecule has 1 aromatic rings. The van der Waals surface area contributed by atoms with E-state index in [2.05, 4.69) is 56.0 Å². The second-order valence-electron chi connectivity index (χ2n) is 4.88. The molecule has 0 aliphatic carbocycles. The molecule has 1 aromatic heterocycles. The number of nitrogens with one attached hydrogen (secondary N) is 1. The smallest absolute Gasteiger partial charge is 0.0332 e. The fourth-order valence-corrected chi connectivity index (χ4v) is 1.96. The summed E-state index contributed by atoms with van der Waals surface area (Å²) in [6.45, 7) is 11.1. The highest BCUT2D eigenvalue weighted by Crippen LogP contribution is 2.17. The lowest BCUT2D eigenvalue weighted by Crippen LogP contribution is -2.19. The van der Waals surface area contributed by atoms with E-state index in [1.807, 2.05) is 0 Å². The van der Waals surface area contributed by atoms with Gasteiger partial charge < -0.3 is 9.88 Å². The Bertz CT molecular complexity index is 289. The highest BCUT2D eigenvalue weighted by Gasteiger charge is 2.08. The van der Waals surface area contributed by atoms with Crippen molar-refractivity contribution in [1.29, 1.82) is 0 Å². The first-order valence-electron chi connectivity index (χ1n) is 6.56. The third kappa shape index (κ3) is 4.01. The molecule has 2 heteroatoms. The molecule has 0 spiro atoms. The summed E-state index contributed by atoms with van der Waals surface area (Å²) in [4.78, 5) is 0. The van der Waals surface area contributed by atoms with Crippen LogP contribution in [0.15, 0.2) is 18.5 Å². The Kier molecular flexibility index (Phi) is 5.61. The maximum Gasteiger partial charge on any atom is 0.0332 e. The maximum atomic E-state index is 3.51. The zero-order valence-corrected chi connectivity index (χ0v) is 11.2. The summed E-state index contributed by atoms with van der Waals surface area (Å²) in [6, 6.07) is 2.77. The lowest BCUT2D eigenvalue weighted by molar-refractivity contribution is 0.511. The Labute approximate surface area is 100 Å². The summed E-state index contributed by atoms with van der Waals surface area (Å²) >= 11 is 0. The molecule has 16 heavy (non-hydrogen) atoms. The molecule has 1 N–H and O–H groups in total. The molecule has 0 saturated carbocycles. The van der Waals surface area contributed by atoms with Crippen LogP contribution in [0.25, 0.3) is 0 Å². The van der Waals surface area contributed by atoms with Crippen LogP contribution in [0.4, 0.5) is 0 Å². The highest BCUT2D eigenvalue weighted by molar-refractivity contribution is 5.15. The SMILES string of the molecule is CCNC(CC)c1ccn(CCC(C)C)c1. The number of nitrogens with zero attached hydrogens (tertiary/aromatic N) is 1. The van der Waals surface area contributed by atoms with E-state index in [-0.39, 0.29) is 0 Å². The standard InChI is InChI=1S/C14H26N2/c1-5-14(15-6-2)13-8-10-16(11-13)9-7-12(3)4/h8,10-12,14-15H,5-7,9H2,1-4H3. The van der Waals surface area contributed by atoms with Crippen LogP contribution in [-0.4, -0.2) is 11.1 Å². The lowest BCUT2D eigenvalue weighted by atomic mass is 10.1. The first-order chi connectivity index (χ1) is 7.67. The summed E-state index contributed by atoms with van der Waals surface area (Å²) in [5.74, 6) is 0.779. The van der Waals surface area contributed by atoms with Crippen LogP contribution in [0, 0.1) is 5.92 Å².